The fraction of sp³-hybridized carbons (Fsp3) is 0.781. The molecule has 0 radical (unpaired) electrons. The van der Waals surface area contributed by atoms with Crippen molar-refractivity contribution in [1.29, 1.82) is 0 Å². The third kappa shape index (κ3) is 4.81. The summed E-state index contributed by atoms with van der Waals surface area (Å²) >= 11 is 0. The van der Waals surface area contributed by atoms with Gasteiger partial charge in [0.2, 0.25) is 5.91 Å². The molecule has 2 N–H and O–H groups in total. The molecule has 5 fully saturated rings. The number of fused-ring (bicyclic) bond motifs is 5. The molecule has 226 valence electrons. The van der Waals surface area contributed by atoms with Gasteiger partial charge in [0.15, 0.2) is 0 Å². The number of hydrogen-bond donors (Lipinski definition) is 2. The molecule has 1 saturated heterocycles. The van der Waals surface area contributed by atoms with Crippen LogP contribution in [0.2, 0.25) is 0 Å². The second-order valence-corrected chi connectivity index (χ2v) is 14.1. The monoisotopic (exact) mass is 569 g/mol. The lowest BCUT2D eigenvalue weighted by Gasteiger charge is -2.64. The highest BCUT2D eigenvalue weighted by Gasteiger charge is 2.67. The maximum atomic E-state index is 12.9. The normalized spacial score (nSPS) is 40.6. The lowest BCUT2D eigenvalue weighted by molar-refractivity contribution is -0.203. The summed E-state index contributed by atoms with van der Waals surface area (Å²) in [5.74, 6) is 1.50. The molecule has 5 aliphatic rings. The predicted molar refractivity (Wildman–Crippen MR) is 153 cm³/mol. The van der Waals surface area contributed by atoms with Gasteiger partial charge in [-0.25, -0.2) is 9.59 Å². The van der Waals surface area contributed by atoms with Crippen LogP contribution in [0.25, 0.3) is 0 Å². The molecule has 0 unspecified atom stereocenters. The van der Waals surface area contributed by atoms with Crippen LogP contribution in [0.5, 0.6) is 0 Å². The summed E-state index contributed by atoms with van der Waals surface area (Å²) in [5.41, 5.74) is -0.0656. The number of amides is 2. The average molecular weight is 570 g/mol. The Morgan fingerprint density at radius 2 is 1.95 bits per heavy atom. The summed E-state index contributed by atoms with van der Waals surface area (Å²) in [6.07, 6.45) is 10.3. The molecule has 1 aliphatic heterocycles. The summed E-state index contributed by atoms with van der Waals surface area (Å²) in [6, 6.07) is 3.57. The third-order valence-corrected chi connectivity index (χ3v) is 12.5. The molecule has 2 amide bonds. The van der Waals surface area contributed by atoms with E-state index in [0.29, 0.717) is 38.1 Å². The zero-order valence-electron chi connectivity index (χ0n) is 24.9. The quantitative estimate of drug-likeness (QED) is 0.556. The van der Waals surface area contributed by atoms with Crippen molar-refractivity contribution in [2.45, 2.75) is 89.2 Å². The first-order valence-electron chi connectivity index (χ1n) is 15.7. The first-order chi connectivity index (χ1) is 19.5. The Balaban J connectivity index is 1.09. The van der Waals surface area contributed by atoms with Crippen LogP contribution < -0.4 is 10.9 Å². The molecular formula is C32H47N3O6. The Morgan fingerprint density at radius 3 is 2.71 bits per heavy atom. The molecule has 6 rings (SSSR count). The van der Waals surface area contributed by atoms with E-state index in [1.807, 2.05) is 18.0 Å². The minimum atomic E-state index is -0.711. The van der Waals surface area contributed by atoms with Crippen LogP contribution in [0.15, 0.2) is 27.6 Å². The molecule has 1 aromatic heterocycles. The number of piperazine rings is 1. The van der Waals surface area contributed by atoms with Crippen LogP contribution in [0.3, 0.4) is 0 Å². The minimum absolute atomic E-state index is 0.0215. The largest absolute Gasteiger partial charge is 0.448 e. The first-order valence-corrected chi connectivity index (χ1v) is 15.7. The molecule has 2 heterocycles. The SMILES string of the molecule is CN(C(=O)OCCN1CCNC(=O)C1)[C@H]1CC[C@@]2(C)[C@H](CC[C@@H]3[C@@H]2CC[C@]2(C)[C@@H](c4ccc(=O)oc4)CC[C@]32O)C1. The van der Waals surface area contributed by atoms with E-state index in [1.54, 1.807) is 11.2 Å². The van der Waals surface area contributed by atoms with Crippen LogP contribution in [-0.2, 0) is 9.53 Å². The van der Waals surface area contributed by atoms with Gasteiger partial charge >= 0.3 is 11.7 Å². The van der Waals surface area contributed by atoms with Crippen molar-refractivity contribution >= 4 is 12.0 Å². The summed E-state index contributed by atoms with van der Waals surface area (Å²) in [7, 11) is 1.87. The molecule has 9 nitrogen and oxygen atoms in total. The maximum absolute atomic E-state index is 12.9. The number of aliphatic hydroxyl groups is 1. The van der Waals surface area contributed by atoms with Crippen molar-refractivity contribution in [2.24, 2.45) is 28.6 Å². The maximum Gasteiger partial charge on any atom is 0.409 e. The molecule has 8 atom stereocenters. The Labute approximate surface area is 243 Å². The number of rotatable bonds is 5. The fourth-order valence-corrected chi connectivity index (χ4v) is 10.1. The standard InChI is InChI=1S/C32H47N3O6/c1-30-11-8-23(34(3)29(38)40-17-16-35-15-14-33-27(36)19-35)18-22(30)5-6-26-25(30)9-12-31(2)24(10-13-32(26,31)39)21-4-7-28(37)41-20-21/h4,7,20,22-26,39H,5-6,8-19H2,1-3H3,(H,33,36)/t22-,23+,24-,25+,26-,30+,31-,32+/m1/s1. The van der Waals surface area contributed by atoms with Crippen LogP contribution in [0.4, 0.5) is 4.79 Å². The molecule has 0 aromatic carbocycles. The van der Waals surface area contributed by atoms with Gasteiger partial charge in [-0.3, -0.25) is 9.69 Å². The minimum Gasteiger partial charge on any atom is -0.448 e. The summed E-state index contributed by atoms with van der Waals surface area (Å²) in [4.78, 5) is 39.9. The van der Waals surface area contributed by atoms with Gasteiger partial charge in [-0.2, -0.15) is 0 Å². The summed E-state index contributed by atoms with van der Waals surface area (Å²) < 4.78 is 10.9. The van der Waals surface area contributed by atoms with Crippen molar-refractivity contribution in [1.82, 2.24) is 15.1 Å². The lowest BCUT2D eigenvalue weighted by atomic mass is 9.43. The second-order valence-electron chi connectivity index (χ2n) is 14.1. The van der Waals surface area contributed by atoms with Gasteiger partial charge < -0.3 is 24.5 Å². The van der Waals surface area contributed by atoms with Crippen LogP contribution in [-0.4, -0.2) is 78.4 Å². The summed E-state index contributed by atoms with van der Waals surface area (Å²) in [5, 5.41) is 15.3. The Kier molecular flexibility index (Phi) is 7.50. The Bertz CT molecular complexity index is 1200. The summed E-state index contributed by atoms with van der Waals surface area (Å²) in [6.45, 7) is 7.38. The number of carbonyl (C=O) groups excluding carboxylic acids is 2. The Morgan fingerprint density at radius 1 is 1.12 bits per heavy atom. The van der Waals surface area contributed by atoms with E-state index in [1.165, 1.54) is 6.07 Å². The molecule has 9 heteroatoms. The number of ether oxygens (including phenoxy) is 1. The fourth-order valence-electron chi connectivity index (χ4n) is 10.1. The van der Waals surface area contributed by atoms with E-state index in [2.05, 4.69) is 19.2 Å². The van der Waals surface area contributed by atoms with Crippen LogP contribution in [0.1, 0.15) is 83.1 Å². The third-order valence-electron chi connectivity index (χ3n) is 12.5. The van der Waals surface area contributed by atoms with Gasteiger partial charge in [0.25, 0.3) is 0 Å². The smallest absolute Gasteiger partial charge is 0.409 e. The van der Waals surface area contributed by atoms with Crippen LogP contribution >= 0.6 is 0 Å². The van der Waals surface area contributed by atoms with E-state index < -0.39 is 5.60 Å². The van der Waals surface area contributed by atoms with Gasteiger partial charge in [0.1, 0.15) is 6.61 Å². The lowest BCUT2D eigenvalue weighted by Crippen LogP contribution is -2.62. The van der Waals surface area contributed by atoms with Crippen molar-refractivity contribution in [3.05, 3.63) is 34.4 Å². The highest BCUT2D eigenvalue weighted by atomic mass is 16.6. The molecule has 1 aromatic rings. The van der Waals surface area contributed by atoms with Crippen molar-refractivity contribution in [3.8, 4) is 0 Å². The van der Waals surface area contributed by atoms with E-state index in [4.69, 9.17) is 9.15 Å². The van der Waals surface area contributed by atoms with Gasteiger partial charge in [0, 0.05) is 44.2 Å². The van der Waals surface area contributed by atoms with Gasteiger partial charge in [0.05, 0.1) is 18.4 Å². The molecule has 4 saturated carbocycles. The van der Waals surface area contributed by atoms with Crippen LogP contribution in [0, 0.1) is 28.6 Å². The number of nitrogens with one attached hydrogen (secondary N) is 1. The van der Waals surface area contributed by atoms with E-state index in [-0.39, 0.29) is 46.3 Å². The zero-order chi connectivity index (χ0) is 29.0. The first kappa shape index (κ1) is 28.7. The van der Waals surface area contributed by atoms with E-state index >= 15 is 0 Å². The molecule has 0 spiro atoms. The van der Waals surface area contributed by atoms with Gasteiger partial charge in [-0.15, -0.1) is 0 Å². The molecular weight excluding hydrogens is 522 g/mol. The van der Waals surface area contributed by atoms with Gasteiger partial charge in [-0.05, 0) is 98.5 Å². The van der Waals surface area contributed by atoms with Crippen molar-refractivity contribution < 1.29 is 23.8 Å². The van der Waals surface area contributed by atoms with Crippen molar-refractivity contribution in [3.63, 3.8) is 0 Å². The van der Waals surface area contributed by atoms with E-state index in [0.717, 1.165) is 69.9 Å². The molecule has 0 bridgehead atoms. The number of nitrogens with zero attached hydrogens (tertiary/aromatic N) is 2. The Hall–Kier alpha value is -2.39. The number of carbonyl (C=O) groups is 2. The average Bonchev–Trinajstić information content (AvgIpc) is 3.23. The highest BCUT2D eigenvalue weighted by molar-refractivity contribution is 5.78. The molecule has 41 heavy (non-hydrogen) atoms. The van der Waals surface area contributed by atoms with Crippen molar-refractivity contribution in [2.75, 3.05) is 39.8 Å². The van der Waals surface area contributed by atoms with Gasteiger partial charge in [-0.1, -0.05) is 13.8 Å². The topological polar surface area (TPSA) is 112 Å². The second kappa shape index (κ2) is 10.7. The van der Waals surface area contributed by atoms with E-state index in [9.17, 15) is 19.5 Å². The molecule has 4 aliphatic carbocycles. The predicted octanol–water partition coefficient (Wildman–Crippen LogP) is 3.75. The highest BCUT2D eigenvalue weighted by Crippen LogP contribution is 2.70. The zero-order valence-corrected chi connectivity index (χ0v) is 24.9. The number of hydrogen-bond acceptors (Lipinski definition) is 7.